The van der Waals surface area contributed by atoms with Crippen LogP contribution in [0, 0.1) is 0 Å². The zero-order valence-electron chi connectivity index (χ0n) is 9.30. The summed E-state index contributed by atoms with van der Waals surface area (Å²) in [6.45, 7) is 2.68. The summed E-state index contributed by atoms with van der Waals surface area (Å²) in [6.07, 6.45) is -0.505. The largest absolute Gasteiger partial charge is 0.384 e. The van der Waals surface area contributed by atoms with Crippen LogP contribution in [0.1, 0.15) is 25.8 Å². The lowest BCUT2D eigenvalue weighted by molar-refractivity contribution is -0.171. The van der Waals surface area contributed by atoms with Gasteiger partial charge in [-0.1, -0.05) is 30.7 Å². The van der Waals surface area contributed by atoms with Crippen molar-refractivity contribution in [3.8, 4) is 0 Å². The monoisotopic (exact) mass is 248 g/mol. The molecule has 0 bridgehead atoms. The second-order valence-corrected chi connectivity index (χ2v) is 4.57. The predicted molar refractivity (Wildman–Crippen MR) is 61.0 cm³/mol. The molecule has 1 rings (SSSR count). The van der Waals surface area contributed by atoms with E-state index in [2.05, 4.69) is 0 Å². The van der Waals surface area contributed by atoms with Gasteiger partial charge >= 0.3 is 0 Å². The van der Waals surface area contributed by atoms with Gasteiger partial charge in [-0.3, -0.25) is 0 Å². The van der Waals surface area contributed by atoms with Gasteiger partial charge in [0.2, 0.25) is 0 Å². The Kier molecular flexibility index (Phi) is 3.92. The van der Waals surface area contributed by atoms with Crippen molar-refractivity contribution in [2.24, 2.45) is 0 Å². The molecule has 4 heteroatoms. The first-order valence-corrected chi connectivity index (χ1v) is 5.51. The summed E-state index contributed by atoms with van der Waals surface area (Å²) in [5, 5.41) is 10.0. The molecule has 1 aromatic rings. The normalized spacial score (nSPS) is 15.9. The molecule has 0 amide bonds. The van der Waals surface area contributed by atoms with Crippen LogP contribution >= 0.6 is 11.6 Å². The Hall–Kier alpha value is -0.670. The van der Waals surface area contributed by atoms with Crippen molar-refractivity contribution in [2.45, 2.75) is 38.2 Å². The molecule has 0 heterocycles. The lowest BCUT2D eigenvalue weighted by Gasteiger charge is -2.31. The minimum Gasteiger partial charge on any atom is -0.384 e. The summed E-state index contributed by atoms with van der Waals surface area (Å²) in [4.78, 5) is 0. The van der Waals surface area contributed by atoms with Crippen LogP contribution in [-0.4, -0.2) is 16.6 Å². The SMILES string of the molecule is CCC(C)(O)C(F)(F)Cc1cccc(Cl)c1. The molecule has 1 atom stereocenters. The second-order valence-electron chi connectivity index (χ2n) is 4.14. The molecule has 16 heavy (non-hydrogen) atoms. The molecule has 0 aliphatic heterocycles. The van der Waals surface area contributed by atoms with Crippen molar-refractivity contribution < 1.29 is 13.9 Å². The lowest BCUT2D eigenvalue weighted by Crippen LogP contribution is -2.46. The van der Waals surface area contributed by atoms with Gasteiger partial charge in [0.1, 0.15) is 5.60 Å². The van der Waals surface area contributed by atoms with Gasteiger partial charge in [0, 0.05) is 11.4 Å². The van der Waals surface area contributed by atoms with E-state index in [1.807, 2.05) is 0 Å². The van der Waals surface area contributed by atoms with Crippen molar-refractivity contribution in [3.63, 3.8) is 0 Å². The zero-order valence-corrected chi connectivity index (χ0v) is 10.1. The van der Waals surface area contributed by atoms with Crippen LogP contribution in [0.3, 0.4) is 0 Å². The Bertz CT molecular complexity index is 364. The molecule has 1 nitrogen and oxygen atoms in total. The summed E-state index contributed by atoms with van der Waals surface area (Å²) >= 11 is 5.71. The average Bonchev–Trinajstić information content (AvgIpc) is 2.16. The standard InChI is InChI=1S/C12H15ClF2O/c1-3-11(2,16)12(14,15)8-9-5-4-6-10(13)7-9/h4-7,16H,3,8H2,1-2H3. The van der Waals surface area contributed by atoms with Gasteiger partial charge in [-0.2, -0.15) is 0 Å². The summed E-state index contributed by atoms with van der Waals surface area (Å²) in [5.74, 6) is -3.16. The second kappa shape index (κ2) is 4.68. The van der Waals surface area contributed by atoms with Crippen molar-refractivity contribution in [3.05, 3.63) is 34.9 Å². The van der Waals surface area contributed by atoms with E-state index in [9.17, 15) is 13.9 Å². The van der Waals surface area contributed by atoms with E-state index in [4.69, 9.17) is 11.6 Å². The van der Waals surface area contributed by atoms with E-state index in [-0.39, 0.29) is 6.42 Å². The van der Waals surface area contributed by atoms with Crippen LogP contribution in [0.15, 0.2) is 24.3 Å². The highest BCUT2D eigenvalue weighted by atomic mass is 35.5. The maximum atomic E-state index is 13.7. The molecule has 0 fully saturated rings. The number of benzene rings is 1. The van der Waals surface area contributed by atoms with Gasteiger partial charge in [-0.05, 0) is 31.0 Å². The molecule has 1 aromatic carbocycles. The van der Waals surface area contributed by atoms with Gasteiger partial charge in [0.15, 0.2) is 0 Å². The molecule has 0 aliphatic carbocycles. The quantitative estimate of drug-likeness (QED) is 0.862. The van der Waals surface area contributed by atoms with E-state index in [1.54, 1.807) is 18.2 Å². The highest BCUT2D eigenvalue weighted by molar-refractivity contribution is 6.30. The van der Waals surface area contributed by atoms with E-state index in [1.165, 1.54) is 13.0 Å². The van der Waals surface area contributed by atoms with Crippen LogP contribution in [0.4, 0.5) is 8.78 Å². The maximum Gasteiger partial charge on any atom is 0.279 e. The molecule has 1 N–H and O–H groups in total. The smallest absolute Gasteiger partial charge is 0.279 e. The first-order valence-electron chi connectivity index (χ1n) is 5.13. The van der Waals surface area contributed by atoms with Crippen molar-refractivity contribution in [2.75, 3.05) is 0 Å². The Morgan fingerprint density at radius 3 is 2.50 bits per heavy atom. The Morgan fingerprint density at radius 1 is 1.38 bits per heavy atom. The maximum absolute atomic E-state index is 13.7. The fraction of sp³-hybridized carbons (Fsp3) is 0.500. The number of alkyl halides is 2. The van der Waals surface area contributed by atoms with Crippen LogP contribution in [0.25, 0.3) is 0 Å². The highest BCUT2D eigenvalue weighted by Gasteiger charge is 2.47. The highest BCUT2D eigenvalue weighted by Crippen LogP contribution is 2.34. The van der Waals surface area contributed by atoms with Crippen molar-refractivity contribution in [1.29, 1.82) is 0 Å². The minimum atomic E-state index is -3.16. The number of halogens is 3. The number of hydrogen-bond donors (Lipinski definition) is 1. The Labute approximate surface area is 99.0 Å². The number of aliphatic hydroxyl groups is 1. The summed E-state index contributed by atoms with van der Waals surface area (Å²) in [6, 6.07) is 6.31. The molecule has 0 aromatic heterocycles. The topological polar surface area (TPSA) is 20.2 Å². The molecular formula is C12H15ClF2O. The molecule has 0 radical (unpaired) electrons. The number of hydrogen-bond acceptors (Lipinski definition) is 1. The third kappa shape index (κ3) is 2.92. The molecule has 1 unspecified atom stereocenters. The Balaban J connectivity index is 2.88. The summed E-state index contributed by atoms with van der Waals surface area (Å²) in [5.41, 5.74) is -1.57. The van der Waals surface area contributed by atoms with E-state index in [0.29, 0.717) is 10.6 Å². The van der Waals surface area contributed by atoms with E-state index >= 15 is 0 Å². The van der Waals surface area contributed by atoms with Crippen LogP contribution < -0.4 is 0 Å². The van der Waals surface area contributed by atoms with Gasteiger partial charge < -0.3 is 5.11 Å². The molecule has 0 saturated carbocycles. The van der Waals surface area contributed by atoms with Gasteiger partial charge in [0.25, 0.3) is 5.92 Å². The lowest BCUT2D eigenvalue weighted by atomic mass is 9.90. The fourth-order valence-electron chi connectivity index (χ4n) is 1.35. The van der Waals surface area contributed by atoms with Crippen molar-refractivity contribution >= 4 is 11.6 Å². The summed E-state index contributed by atoms with van der Waals surface area (Å²) < 4.78 is 27.5. The molecule has 90 valence electrons. The molecule has 0 spiro atoms. The first kappa shape index (κ1) is 13.4. The molecule has 0 aliphatic rings. The van der Waals surface area contributed by atoms with Gasteiger partial charge in [-0.15, -0.1) is 0 Å². The van der Waals surface area contributed by atoms with Crippen LogP contribution in [-0.2, 0) is 6.42 Å². The fourth-order valence-corrected chi connectivity index (χ4v) is 1.57. The van der Waals surface area contributed by atoms with E-state index < -0.39 is 17.9 Å². The zero-order chi connectivity index (χ0) is 12.4. The van der Waals surface area contributed by atoms with Gasteiger partial charge in [0.05, 0.1) is 0 Å². The van der Waals surface area contributed by atoms with Crippen LogP contribution in [0.2, 0.25) is 5.02 Å². The third-order valence-corrected chi connectivity index (χ3v) is 3.03. The first-order chi connectivity index (χ1) is 7.28. The molecule has 0 saturated heterocycles. The summed E-state index contributed by atoms with van der Waals surface area (Å²) in [7, 11) is 0. The molecular weight excluding hydrogens is 234 g/mol. The average molecular weight is 249 g/mol. The Morgan fingerprint density at radius 2 is 2.00 bits per heavy atom. The number of rotatable bonds is 4. The third-order valence-electron chi connectivity index (χ3n) is 2.79. The van der Waals surface area contributed by atoms with E-state index in [0.717, 1.165) is 6.92 Å². The minimum absolute atomic E-state index is 0.000561. The van der Waals surface area contributed by atoms with Crippen LogP contribution in [0.5, 0.6) is 0 Å². The predicted octanol–water partition coefficient (Wildman–Crippen LogP) is 3.68. The van der Waals surface area contributed by atoms with Crippen molar-refractivity contribution in [1.82, 2.24) is 0 Å². The van der Waals surface area contributed by atoms with Gasteiger partial charge in [-0.25, -0.2) is 8.78 Å².